The number of phenolic OH excluding ortho intramolecular Hbond substituents is 1. The maximum Gasteiger partial charge on any atom is 0.410 e. The fourth-order valence-electron chi connectivity index (χ4n) is 6.54. The van der Waals surface area contributed by atoms with Crippen molar-refractivity contribution in [3.8, 4) is 22.6 Å². The lowest BCUT2D eigenvalue weighted by Crippen LogP contribution is -2.55. The summed E-state index contributed by atoms with van der Waals surface area (Å²) in [6, 6.07) is 8.81. The van der Waals surface area contributed by atoms with E-state index in [9.17, 15) is 18.3 Å². The standard InChI is InChI=1S/C35H45BrN10O6S/c1-35(2,3)52-34(48)46-14-12-44(13-15-46)23-8-10-45(11-9-23)29-18-31(51-5)28(17-25(29)22-19-38-39-20-22)41-33-37-21-26(36)32(42-33)40-27-7-6-24(47)16-30(27)43(4)53(49)50/h6-7,16-21,23,47,53H,8-15H2,1-5H3,(H,38,39)(H2,37,40,41,42). The van der Waals surface area contributed by atoms with E-state index in [1.54, 1.807) is 30.5 Å². The smallest absolute Gasteiger partial charge is 0.410 e. The second-order valence-electron chi connectivity index (χ2n) is 13.9. The first-order valence-corrected chi connectivity index (χ1v) is 19.2. The summed E-state index contributed by atoms with van der Waals surface area (Å²) in [5.74, 6) is 1.14. The van der Waals surface area contributed by atoms with Gasteiger partial charge in [-0.15, -0.1) is 0 Å². The minimum atomic E-state index is -2.95. The number of piperidine rings is 1. The molecular weight excluding hydrogens is 768 g/mol. The van der Waals surface area contributed by atoms with Crippen LogP contribution in [-0.4, -0.2) is 115 Å². The van der Waals surface area contributed by atoms with Crippen molar-refractivity contribution in [3.05, 3.63) is 53.4 Å². The van der Waals surface area contributed by atoms with E-state index in [2.05, 4.69) is 56.5 Å². The molecule has 2 aromatic heterocycles. The number of nitrogens with one attached hydrogen (secondary N) is 3. The van der Waals surface area contributed by atoms with Gasteiger partial charge in [0.05, 0.1) is 34.8 Å². The summed E-state index contributed by atoms with van der Waals surface area (Å²) in [5, 5.41) is 23.6. The van der Waals surface area contributed by atoms with E-state index in [4.69, 9.17) is 9.47 Å². The van der Waals surface area contributed by atoms with Crippen molar-refractivity contribution in [1.29, 1.82) is 0 Å². The average Bonchev–Trinajstić information content (AvgIpc) is 3.68. The Labute approximate surface area is 318 Å². The highest BCUT2D eigenvalue weighted by Crippen LogP contribution is 2.42. The monoisotopic (exact) mass is 812 g/mol. The van der Waals surface area contributed by atoms with Crippen LogP contribution in [0.2, 0.25) is 0 Å². The molecule has 0 saturated carbocycles. The molecule has 0 radical (unpaired) electrons. The number of hydrogen-bond acceptors (Lipinski definition) is 13. The number of hydrogen-bond donors (Lipinski definition) is 5. The number of halogens is 1. The van der Waals surface area contributed by atoms with E-state index in [1.165, 1.54) is 19.2 Å². The molecule has 0 unspecified atom stereocenters. The van der Waals surface area contributed by atoms with Crippen LogP contribution in [0.5, 0.6) is 11.5 Å². The quantitative estimate of drug-likeness (QED) is 0.103. The minimum Gasteiger partial charge on any atom is -0.508 e. The molecule has 0 atom stereocenters. The lowest BCUT2D eigenvalue weighted by atomic mass is 9.98. The fourth-order valence-corrected chi connectivity index (χ4v) is 7.17. The van der Waals surface area contributed by atoms with E-state index in [0.29, 0.717) is 46.5 Å². The minimum absolute atomic E-state index is 0.0816. The van der Waals surface area contributed by atoms with Gasteiger partial charge in [-0.1, -0.05) is 0 Å². The van der Waals surface area contributed by atoms with Gasteiger partial charge in [0, 0.05) is 93.7 Å². The van der Waals surface area contributed by atoms with Gasteiger partial charge >= 0.3 is 6.09 Å². The van der Waals surface area contributed by atoms with Gasteiger partial charge in [0.25, 0.3) is 0 Å². The highest BCUT2D eigenvalue weighted by atomic mass is 79.9. The Balaban J connectivity index is 1.19. The second-order valence-corrected chi connectivity index (χ2v) is 15.8. The molecule has 2 fully saturated rings. The van der Waals surface area contributed by atoms with E-state index < -0.39 is 16.5 Å². The summed E-state index contributed by atoms with van der Waals surface area (Å²) < 4.78 is 36.5. The SMILES string of the molecule is COc1cc(N2CCC(N3CCN(C(=O)OC(C)(C)C)CC3)CC2)c(-c2cn[nH]c2)cc1Nc1ncc(Br)c(Nc2ccc(O)cc2N(C)[SH](=O)=O)n1. The first-order chi connectivity index (χ1) is 25.3. The number of carbonyl (C=O) groups is 1. The third-order valence-corrected chi connectivity index (χ3v) is 10.5. The second kappa shape index (κ2) is 16.1. The molecule has 2 aromatic carbocycles. The summed E-state index contributed by atoms with van der Waals surface area (Å²) in [5.41, 5.74) is 3.65. The molecule has 2 aliphatic heterocycles. The van der Waals surface area contributed by atoms with Crippen molar-refractivity contribution >= 4 is 67.4 Å². The van der Waals surface area contributed by atoms with Crippen LogP contribution in [0.1, 0.15) is 33.6 Å². The van der Waals surface area contributed by atoms with Crippen molar-refractivity contribution in [3.63, 3.8) is 0 Å². The molecule has 4 heterocycles. The highest BCUT2D eigenvalue weighted by molar-refractivity contribution is 9.10. The average molecular weight is 814 g/mol. The third kappa shape index (κ3) is 9.05. The fraction of sp³-hybridized carbons (Fsp3) is 0.429. The Morgan fingerprint density at radius 2 is 1.77 bits per heavy atom. The first kappa shape index (κ1) is 37.9. The zero-order chi connectivity index (χ0) is 37.9. The van der Waals surface area contributed by atoms with Gasteiger partial charge in [0.2, 0.25) is 16.8 Å². The number of phenols is 1. The molecule has 4 N–H and O–H groups in total. The van der Waals surface area contributed by atoms with E-state index >= 15 is 0 Å². The summed E-state index contributed by atoms with van der Waals surface area (Å²) in [6.45, 7) is 10.3. The van der Waals surface area contributed by atoms with Gasteiger partial charge in [0.15, 0.2) is 0 Å². The first-order valence-electron chi connectivity index (χ1n) is 17.3. The number of aromatic nitrogens is 4. The van der Waals surface area contributed by atoms with Crippen LogP contribution < -0.4 is 24.6 Å². The van der Waals surface area contributed by atoms with Crippen molar-refractivity contribution in [1.82, 2.24) is 30.0 Å². The Morgan fingerprint density at radius 3 is 2.42 bits per heavy atom. The van der Waals surface area contributed by atoms with Crippen molar-refractivity contribution in [2.45, 2.75) is 45.3 Å². The van der Waals surface area contributed by atoms with Crippen LogP contribution in [0.25, 0.3) is 11.1 Å². The number of aromatic hydroxyl groups is 1. The molecule has 2 aliphatic rings. The lowest BCUT2D eigenvalue weighted by molar-refractivity contribution is 0.00901. The van der Waals surface area contributed by atoms with Gasteiger partial charge in [-0.2, -0.15) is 10.1 Å². The molecule has 0 bridgehead atoms. The molecule has 1 amide bonds. The normalized spacial score (nSPS) is 15.8. The molecular formula is C35H45BrN10O6S. The number of anilines is 6. The molecule has 6 rings (SSSR count). The van der Waals surface area contributed by atoms with Gasteiger partial charge in [0.1, 0.15) is 22.9 Å². The number of nitrogens with zero attached hydrogens (tertiary/aromatic N) is 7. The Bertz CT molecular complexity index is 1980. The number of thiol groups is 1. The number of H-pyrrole nitrogens is 1. The van der Waals surface area contributed by atoms with E-state index in [-0.39, 0.29) is 23.5 Å². The molecule has 4 aromatic rings. The van der Waals surface area contributed by atoms with E-state index in [1.807, 2.05) is 39.1 Å². The Morgan fingerprint density at radius 1 is 1.04 bits per heavy atom. The number of aromatic amines is 1. The Kier molecular flexibility index (Phi) is 11.5. The van der Waals surface area contributed by atoms with Crippen LogP contribution in [0.4, 0.5) is 39.3 Å². The number of carbonyl (C=O) groups excluding carboxylic acids is 1. The number of rotatable bonds is 10. The molecule has 0 spiro atoms. The lowest BCUT2D eigenvalue weighted by Gasteiger charge is -2.43. The maximum absolute atomic E-state index is 12.6. The number of ether oxygens (including phenoxy) is 2. The summed E-state index contributed by atoms with van der Waals surface area (Å²) in [7, 11) is 0.0545. The predicted molar refractivity (Wildman–Crippen MR) is 208 cm³/mol. The van der Waals surface area contributed by atoms with E-state index in [0.717, 1.165) is 60.1 Å². The predicted octanol–water partition coefficient (Wildman–Crippen LogP) is 5.31. The number of methoxy groups -OCH3 is 1. The summed E-state index contributed by atoms with van der Waals surface area (Å²) >= 11 is 3.48. The molecule has 284 valence electrons. The van der Waals surface area contributed by atoms with Crippen molar-refractivity contribution < 1.29 is 27.8 Å². The largest absolute Gasteiger partial charge is 0.508 e. The van der Waals surface area contributed by atoms with Crippen LogP contribution in [0.15, 0.2) is 53.4 Å². The zero-order valence-corrected chi connectivity index (χ0v) is 32.8. The van der Waals surface area contributed by atoms with Gasteiger partial charge < -0.3 is 35.0 Å². The summed E-state index contributed by atoms with van der Waals surface area (Å²) in [4.78, 5) is 28.4. The van der Waals surface area contributed by atoms with Crippen LogP contribution in [0.3, 0.4) is 0 Å². The summed E-state index contributed by atoms with van der Waals surface area (Å²) in [6.07, 6.45) is 6.92. The van der Waals surface area contributed by atoms with Gasteiger partial charge in [-0.25, -0.2) is 18.2 Å². The topological polar surface area (TPSA) is 181 Å². The molecule has 16 nitrogen and oxygen atoms in total. The van der Waals surface area contributed by atoms with Crippen molar-refractivity contribution in [2.24, 2.45) is 0 Å². The molecule has 2 saturated heterocycles. The number of piperazine rings is 1. The van der Waals surface area contributed by atoms with Crippen LogP contribution >= 0.6 is 15.9 Å². The number of amides is 1. The van der Waals surface area contributed by atoms with Crippen LogP contribution in [0, 0.1) is 0 Å². The van der Waals surface area contributed by atoms with Gasteiger partial charge in [-0.3, -0.25) is 14.3 Å². The molecule has 53 heavy (non-hydrogen) atoms. The maximum atomic E-state index is 12.6. The molecule has 18 heteroatoms. The van der Waals surface area contributed by atoms with Gasteiger partial charge in [-0.05, 0) is 67.7 Å². The van der Waals surface area contributed by atoms with Crippen molar-refractivity contribution in [2.75, 3.05) is 73.3 Å². The molecule has 0 aliphatic carbocycles. The number of benzene rings is 2. The highest BCUT2D eigenvalue weighted by Gasteiger charge is 2.32. The Hall–Kier alpha value is -4.81. The third-order valence-electron chi connectivity index (χ3n) is 9.23. The zero-order valence-electron chi connectivity index (χ0n) is 30.3. The van der Waals surface area contributed by atoms with Crippen LogP contribution in [-0.2, 0) is 15.6 Å².